The van der Waals surface area contributed by atoms with Crippen LogP contribution in [-0.4, -0.2) is 23.9 Å². The molecule has 4 nitrogen and oxygen atoms in total. The molecule has 1 aromatic heterocycles. The van der Waals surface area contributed by atoms with E-state index in [1.54, 1.807) is 7.11 Å². The highest BCUT2D eigenvalue weighted by Gasteiger charge is 2.07. The minimum atomic E-state index is 0.620. The van der Waals surface area contributed by atoms with E-state index in [2.05, 4.69) is 10.2 Å². The molecular weight excluding hydrogens is 178 g/mol. The van der Waals surface area contributed by atoms with Gasteiger partial charge in [-0.3, -0.25) is 5.10 Å². The molecule has 0 spiro atoms. The molecule has 0 saturated carbocycles. The Labute approximate surface area is 82.1 Å². The molecule has 0 aliphatic heterocycles. The van der Waals surface area contributed by atoms with Crippen LogP contribution in [0.15, 0.2) is 18.2 Å². The number of para-hydroxylation sites is 1. The zero-order valence-electron chi connectivity index (χ0n) is 8.08. The van der Waals surface area contributed by atoms with Gasteiger partial charge in [-0.25, -0.2) is 0 Å². The van der Waals surface area contributed by atoms with E-state index in [0.717, 1.165) is 28.8 Å². The lowest BCUT2D eigenvalue weighted by Gasteiger charge is -1.99. The monoisotopic (exact) mass is 191 g/mol. The molecular formula is C10H13N3O. The molecule has 0 amide bonds. The topological polar surface area (TPSA) is 63.9 Å². The van der Waals surface area contributed by atoms with Crippen LogP contribution in [0.5, 0.6) is 5.75 Å². The third-order valence-corrected chi connectivity index (χ3v) is 2.24. The van der Waals surface area contributed by atoms with Crippen LogP contribution in [-0.2, 0) is 6.42 Å². The summed E-state index contributed by atoms with van der Waals surface area (Å²) in [6.45, 7) is 0.620. The van der Waals surface area contributed by atoms with Gasteiger partial charge in [-0.2, -0.15) is 5.10 Å². The average molecular weight is 191 g/mol. The Kier molecular flexibility index (Phi) is 2.37. The SMILES string of the molecule is COc1cccc2c(CCN)[nH]nc12. The summed E-state index contributed by atoms with van der Waals surface area (Å²) in [4.78, 5) is 0. The number of nitrogens with one attached hydrogen (secondary N) is 1. The molecule has 1 aromatic carbocycles. The molecule has 74 valence electrons. The molecule has 0 aliphatic rings. The fourth-order valence-corrected chi connectivity index (χ4v) is 1.56. The van der Waals surface area contributed by atoms with Crippen molar-refractivity contribution in [1.29, 1.82) is 0 Å². The molecule has 2 aromatic rings. The minimum absolute atomic E-state index is 0.620. The third kappa shape index (κ3) is 1.33. The van der Waals surface area contributed by atoms with E-state index in [1.807, 2.05) is 18.2 Å². The Balaban J connectivity index is 2.57. The molecule has 0 unspecified atom stereocenters. The van der Waals surface area contributed by atoms with Gasteiger partial charge in [0.1, 0.15) is 11.3 Å². The van der Waals surface area contributed by atoms with Crippen LogP contribution in [0.2, 0.25) is 0 Å². The van der Waals surface area contributed by atoms with Gasteiger partial charge >= 0.3 is 0 Å². The minimum Gasteiger partial charge on any atom is -0.494 e. The highest BCUT2D eigenvalue weighted by atomic mass is 16.5. The van der Waals surface area contributed by atoms with Crippen molar-refractivity contribution in [2.45, 2.75) is 6.42 Å². The number of aromatic amines is 1. The van der Waals surface area contributed by atoms with Crippen LogP contribution in [0.1, 0.15) is 5.69 Å². The largest absolute Gasteiger partial charge is 0.494 e. The van der Waals surface area contributed by atoms with Gasteiger partial charge in [0.2, 0.25) is 0 Å². The lowest BCUT2D eigenvalue weighted by atomic mass is 10.1. The summed E-state index contributed by atoms with van der Waals surface area (Å²) in [6.07, 6.45) is 0.809. The van der Waals surface area contributed by atoms with Crippen LogP contribution >= 0.6 is 0 Å². The van der Waals surface area contributed by atoms with E-state index >= 15 is 0 Å². The zero-order chi connectivity index (χ0) is 9.97. The van der Waals surface area contributed by atoms with E-state index in [1.165, 1.54) is 0 Å². The Morgan fingerprint density at radius 3 is 3.07 bits per heavy atom. The number of ether oxygens (including phenoxy) is 1. The van der Waals surface area contributed by atoms with Crippen molar-refractivity contribution in [3.8, 4) is 5.75 Å². The first-order chi connectivity index (χ1) is 6.86. The van der Waals surface area contributed by atoms with Crippen LogP contribution in [0.3, 0.4) is 0 Å². The summed E-state index contributed by atoms with van der Waals surface area (Å²) in [5.41, 5.74) is 7.45. The molecule has 14 heavy (non-hydrogen) atoms. The molecule has 4 heteroatoms. The summed E-state index contributed by atoms with van der Waals surface area (Å²) >= 11 is 0. The van der Waals surface area contributed by atoms with Gasteiger partial charge in [0.25, 0.3) is 0 Å². The van der Waals surface area contributed by atoms with Crippen molar-refractivity contribution in [3.05, 3.63) is 23.9 Å². The van der Waals surface area contributed by atoms with E-state index in [-0.39, 0.29) is 0 Å². The number of aromatic nitrogens is 2. The first-order valence-corrected chi connectivity index (χ1v) is 4.57. The maximum Gasteiger partial charge on any atom is 0.146 e. The molecule has 0 fully saturated rings. The lowest BCUT2D eigenvalue weighted by molar-refractivity contribution is 0.419. The number of rotatable bonds is 3. The fourth-order valence-electron chi connectivity index (χ4n) is 1.56. The lowest BCUT2D eigenvalue weighted by Crippen LogP contribution is -2.03. The molecule has 1 heterocycles. The highest BCUT2D eigenvalue weighted by molar-refractivity contribution is 5.86. The Hall–Kier alpha value is -1.55. The molecule has 0 bridgehead atoms. The third-order valence-electron chi connectivity index (χ3n) is 2.24. The normalized spacial score (nSPS) is 10.7. The quantitative estimate of drug-likeness (QED) is 0.762. The van der Waals surface area contributed by atoms with E-state index in [0.29, 0.717) is 6.54 Å². The van der Waals surface area contributed by atoms with Crippen molar-refractivity contribution < 1.29 is 4.74 Å². The second-order valence-corrected chi connectivity index (χ2v) is 3.10. The summed E-state index contributed by atoms with van der Waals surface area (Å²) in [7, 11) is 1.64. The van der Waals surface area contributed by atoms with Gasteiger partial charge in [-0.05, 0) is 12.6 Å². The molecule has 0 saturated heterocycles. The number of H-pyrrole nitrogens is 1. The fraction of sp³-hybridized carbons (Fsp3) is 0.300. The first-order valence-electron chi connectivity index (χ1n) is 4.57. The predicted octanol–water partition coefficient (Wildman–Crippen LogP) is 1.07. The second-order valence-electron chi connectivity index (χ2n) is 3.10. The molecule has 0 aliphatic carbocycles. The van der Waals surface area contributed by atoms with E-state index in [9.17, 15) is 0 Å². The van der Waals surface area contributed by atoms with Gasteiger partial charge in [0.05, 0.1) is 7.11 Å². The van der Waals surface area contributed by atoms with E-state index < -0.39 is 0 Å². The number of nitrogens with two attached hydrogens (primary N) is 1. The second kappa shape index (κ2) is 3.67. The number of hydrogen-bond donors (Lipinski definition) is 2. The molecule has 0 radical (unpaired) electrons. The Morgan fingerprint density at radius 1 is 1.50 bits per heavy atom. The predicted molar refractivity (Wildman–Crippen MR) is 55.4 cm³/mol. The van der Waals surface area contributed by atoms with Gasteiger partial charge in [-0.1, -0.05) is 12.1 Å². The summed E-state index contributed by atoms with van der Waals surface area (Å²) in [5.74, 6) is 0.794. The standard InChI is InChI=1S/C10H13N3O/c1-14-9-4-2-3-7-8(5-6-11)12-13-10(7)9/h2-4H,5-6,11H2,1H3,(H,12,13). The number of methoxy groups -OCH3 is 1. The Morgan fingerprint density at radius 2 is 2.36 bits per heavy atom. The summed E-state index contributed by atoms with van der Waals surface area (Å²) in [6, 6.07) is 5.87. The van der Waals surface area contributed by atoms with Gasteiger partial charge < -0.3 is 10.5 Å². The summed E-state index contributed by atoms with van der Waals surface area (Å²) in [5, 5.41) is 8.27. The van der Waals surface area contributed by atoms with Crippen LogP contribution in [0.25, 0.3) is 10.9 Å². The first kappa shape index (κ1) is 9.02. The van der Waals surface area contributed by atoms with Crippen molar-refractivity contribution >= 4 is 10.9 Å². The number of fused-ring (bicyclic) bond motifs is 1. The smallest absolute Gasteiger partial charge is 0.146 e. The van der Waals surface area contributed by atoms with Gasteiger partial charge in [-0.15, -0.1) is 0 Å². The van der Waals surface area contributed by atoms with Gasteiger partial charge in [0, 0.05) is 17.5 Å². The molecule has 2 rings (SSSR count). The maximum atomic E-state index is 5.50. The number of nitrogens with zero attached hydrogens (tertiary/aromatic N) is 1. The zero-order valence-corrected chi connectivity index (χ0v) is 8.08. The average Bonchev–Trinajstić information content (AvgIpc) is 2.62. The maximum absolute atomic E-state index is 5.50. The number of hydrogen-bond acceptors (Lipinski definition) is 3. The van der Waals surface area contributed by atoms with Gasteiger partial charge in [0.15, 0.2) is 0 Å². The highest BCUT2D eigenvalue weighted by Crippen LogP contribution is 2.25. The molecule has 3 N–H and O–H groups in total. The van der Waals surface area contributed by atoms with E-state index in [4.69, 9.17) is 10.5 Å². The van der Waals surface area contributed by atoms with Crippen molar-refractivity contribution in [3.63, 3.8) is 0 Å². The van der Waals surface area contributed by atoms with Crippen molar-refractivity contribution in [2.24, 2.45) is 5.73 Å². The number of benzene rings is 1. The van der Waals surface area contributed by atoms with Crippen LogP contribution in [0.4, 0.5) is 0 Å². The molecule has 0 atom stereocenters. The Bertz CT molecular complexity index is 436. The van der Waals surface area contributed by atoms with Crippen LogP contribution < -0.4 is 10.5 Å². The van der Waals surface area contributed by atoms with Crippen LogP contribution in [0, 0.1) is 0 Å². The van der Waals surface area contributed by atoms with Crippen molar-refractivity contribution in [2.75, 3.05) is 13.7 Å². The van der Waals surface area contributed by atoms with Crippen molar-refractivity contribution in [1.82, 2.24) is 10.2 Å². The summed E-state index contributed by atoms with van der Waals surface area (Å²) < 4.78 is 5.21.